The molecule has 0 aliphatic carbocycles. The summed E-state index contributed by atoms with van der Waals surface area (Å²) in [7, 11) is 0. The number of anilines is 1. The Morgan fingerprint density at radius 1 is 1.11 bits per heavy atom. The van der Waals surface area contributed by atoms with Crippen LogP contribution < -0.4 is 4.90 Å². The molecule has 2 aromatic rings. The van der Waals surface area contributed by atoms with Crippen LogP contribution >= 0.6 is 0 Å². The van der Waals surface area contributed by atoms with E-state index in [9.17, 15) is 5.11 Å². The van der Waals surface area contributed by atoms with Crippen molar-refractivity contribution in [2.45, 2.75) is 26.5 Å². The first-order valence-corrected chi connectivity index (χ1v) is 6.62. The zero-order valence-corrected chi connectivity index (χ0v) is 11.5. The fraction of sp³-hybridized carbons (Fsp3) is 0.312. The third-order valence-corrected chi connectivity index (χ3v) is 3.25. The molecule has 0 aliphatic heterocycles. The van der Waals surface area contributed by atoms with Crippen LogP contribution in [0.2, 0.25) is 0 Å². The van der Waals surface area contributed by atoms with E-state index in [0.717, 1.165) is 18.7 Å². The molecule has 1 heterocycles. The summed E-state index contributed by atoms with van der Waals surface area (Å²) >= 11 is 0. The Bertz CT molecular complexity index is 494. The second-order valence-electron chi connectivity index (χ2n) is 4.64. The highest BCUT2D eigenvalue weighted by atomic mass is 16.3. The monoisotopic (exact) mass is 256 g/mol. The molecule has 0 amide bonds. The molecule has 0 radical (unpaired) electrons. The Labute approximate surface area is 114 Å². The Kier molecular flexibility index (Phi) is 4.53. The van der Waals surface area contributed by atoms with E-state index in [0.29, 0.717) is 0 Å². The van der Waals surface area contributed by atoms with Crippen LogP contribution in [0.25, 0.3) is 0 Å². The molecule has 100 valence electrons. The van der Waals surface area contributed by atoms with E-state index in [1.807, 2.05) is 36.7 Å². The van der Waals surface area contributed by atoms with Gasteiger partial charge in [-0.15, -0.1) is 0 Å². The molecule has 3 nitrogen and oxygen atoms in total. The smallest absolute Gasteiger partial charge is 0.0761 e. The average molecular weight is 256 g/mol. The lowest BCUT2D eigenvalue weighted by Crippen LogP contribution is -2.21. The van der Waals surface area contributed by atoms with Gasteiger partial charge in [0.25, 0.3) is 0 Å². The molecule has 3 heteroatoms. The molecule has 0 saturated heterocycles. The number of nitrogens with zero attached hydrogens (tertiary/aromatic N) is 2. The second kappa shape index (κ2) is 6.34. The first-order chi connectivity index (χ1) is 9.20. The van der Waals surface area contributed by atoms with Crippen molar-refractivity contribution >= 4 is 5.69 Å². The maximum Gasteiger partial charge on any atom is 0.0761 e. The van der Waals surface area contributed by atoms with Crippen LogP contribution in [0.3, 0.4) is 0 Å². The lowest BCUT2D eigenvalue weighted by Gasteiger charge is -2.23. The zero-order valence-electron chi connectivity index (χ0n) is 11.5. The Morgan fingerprint density at radius 2 is 1.74 bits per heavy atom. The summed E-state index contributed by atoms with van der Waals surface area (Å²) in [4.78, 5) is 6.33. The number of pyridine rings is 1. The number of hydrogen-bond donors (Lipinski definition) is 1. The van der Waals surface area contributed by atoms with Crippen molar-refractivity contribution in [1.82, 2.24) is 4.98 Å². The summed E-state index contributed by atoms with van der Waals surface area (Å²) in [6, 6.07) is 12.2. The van der Waals surface area contributed by atoms with Crippen molar-refractivity contribution in [2.75, 3.05) is 11.4 Å². The second-order valence-corrected chi connectivity index (χ2v) is 4.64. The van der Waals surface area contributed by atoms with Gasteiger partial charge in [0.1, 0.15) is 0 Å². The fourth-order valence-corrected chi connectivity index (χ4v) is 2.06. The number of benzene rings is 1. The third kappa shape index (κ3) is 3.55. The van der Waals surface area contributed by atoms with E-state index >= 15 is 0 Å². The predicted molar refractivity (Wildman–Crippen MR) is 78.0 cm³/mol. The molecule has 2 rings (SSSR count). The molecule has 0 spiro atoms. The normalized spacial score (nSPS) is 12.2. The number of aliphatic hydroxyl groups excluding tert-OH is 1. The van der Waals surface area contributed by atoms with Gasteiger partial charge in [0.15, 0.2) is 0 Å². The molecular formula is C16H20N2O. The van der Waals surface area contributed by atoms with Crippen molar-refractivity contribution in [1.29, 1.82) is 0 Å². The minimum atomic E-state index is -0.413. The molecule has 0 aliphatic rings. The Morgan fingerprint density at radius 3 is 2.26 bits per heavy atom. The maximum atomic E-state index is 9.53. The lowest BCUT2D eigenvalue weighted by atomic mass is 10.1. The van der Waals surface area contributed by atoms with E-state index in [2.05, 4.69) is 28.9 Å². The van der Waals surface area contributed by atoms with Crippen molar-refractivity contribution in [3.8, 4) is 0 Å². The molecule has 1 N–H and O–H groups in total. The molecule has 1 aromatic carbocycles. The first kappa shape index (κ1) is 13.6. The van der Waals surface area contributed by atoms with Crippen LogP contribution in [0.5, 0.6) is 0 Å². The van der Waals surface area contributed by atoms with Crippen LogP contribution in [-0.2, 0) is 6.54 Å². The van der Waals surface area contributed by atoms with Gasteiger partial charge in [-0.1, -0.05) is 12.1 Å². The van der Waals surface area contributed by atoms with Crippen molar-refractivity contribution in [2.24, 2.45) is 0 Å². The van der Waals surface area contributed by atoms with Crippen LogP contribution in [-0.4, -0.2) is 16.6 Å². The quantitative estimate of drug-likeness (QED) is 0.892. The summed E-state index contributed by atoms with van der Waals surface area (Å²) in [6.45, 7) is 5.73. The van der Waals surface area contributed by atoms with Gasteiger partial charge >= 0.3 is 0 Å². The van der Waals surface area contributed by atoms with Crippen LogP contribution in [0, 0.1) is 0 Å². The lowest BCUT2D eigenvalue weighted by molar-refractivity contribution is 0.199. The van der Waals surface area contributed by atoms with Crippen molar-refractivity contribution < 1.29 is 5.11 Å². The molecule has 19 heavy (non-hydrogen) atoms. The van der Waals surface area contributed by atoms with E-state index in [-0.39, 0.29) is 0 Å². The Hall–Kier alpha value is -1.87. The fourth-order valence-electron chi connectivity index (χ4n) is 2.06. The maximum absolute atomic E-state index is 9.53. The van der Waals surface area contributed by atoms with Crippen LogP contribution in [0.15, 0.2) is 48.8 Å². The highest BCUT2D eigenvalue weighted by Crippen LogP contribution is 2.20. The molecule has 1 atom stereocenters. The van der Waals surface area contributed by atoms with Gasteiger partial charge < -0.3 is 10.0 Å². The molecule has 1 aromatic heterocycles. The van der Waals surface area contributed by atoms with Gasteiger partial charge in [-0.25, -0.2) is 0 Å². The largest absolute Gasteiger partial charge is 0.389 e. The van der Waals surface area contributed by atoms with Crippen LogP contribution in [0.1, 0.15) is 31.1 Å². The molecule has 0 fully saturated rings. The highest BCUT2D eigenvalue weighted by molar-refractivity contribution is 5.48. The Balaban J connectivity index is 2.13. The number of aromatic nitrogens is 1. The topological polar surface area (TPSA) is 36.4 Å². The van der Waals surface area contributed by atoms with Crippen molar-refractivity contribution in [3.63, 3.8) is 0 Å². The summed E-state index contributed by atoms with van der Waals surface area (Å²) in [5, 5.41) is 9.53. The van der Waals surface area contributed by atoms with Gasteiger partial charge in [-0.3, -0.25) is 4.98 Å². The average Bonchev–Trinajstić information content (AvgIpc) is 2.46. The SMILES string of the molecule is CCN(Cc1ccncc1)c1ccc(C(C)O)cc1. The number of rotatable bonds is 5. The van der Waals surface area contributed by atoms with Gasteiger partial charge in [0.05, 0.1) is 6.10 Å². The summed E-state index contributed by atoms with van der Waals surface area (Å²) in [6.07, 6.45) is 3.23. The molecular weight excluding hydrogens is 236 g/mol. The van der Waals surface area contributed by atoms with E-state index in [1.165, 1.54) is 11.3 Å². The van der Waals surface area contributed by atoms with E-state index in [1.54, 1.807) is 6.92 Å². The third-order valence-electron chi connectivity index (χ3n) is 3.25. The number of hydrogen-bond acceptors (Lipinski definition) is 3. The number of aliphatic hydroxyl groups is 1. The van der Waals surface area contributed by atoms with Gasteiger partial charge in [-0.05, 0) is 49.2 Å². The van der Waals surface area contributed by atoms with E-state index in [4.69, 9.17) is 0 Å². The van der Waals surface area contributed by atoms with Gasteiger partial charge in [0, 0.05) is 31.2 Å². The van der Waals surface area contributed by atoms with Gasteiger partial charge in [0.2, 0.25) is 0 Å². The minimum Gasteiger partial charge on any atom is -0.389 e. The summed E-state index contributed by atoms with van der Waals surface area (Å²) in [5.74, 6) is 0. The molecule has 0 saturated carbocycles. The highest BCUT2D eigenvalue weighted by Gasteiger charge is 2.06. The van der Waals surface area contributed by atoms with Gasteiger partial charge in [-0.2, -0.15) is 0 Å². The van der Waals surface area contributed by atoms with Crippen LogP contribution in [0.4, 0.5) is 5.69 Å². The summed E-state index contributed by atoms with van der Waals surface area (Å²) in [5.41, 5.74) is 3.36. The predicted octanol–water partition coefficient (Wildman–Crippen LogP) is 3.16. The standard InChI is InChI=1S/C16H20N2O/c1-3-18(12-14-8-10-17-11-9-14)16-6-4-15(5-7-16)13(2)19/h4-11,13,19H,3,12H2,1-2H3. The molecule has 0 bridgehead atoms. The summed E-state index contributed by atoms with van der Waals surface area (Å²) < 4.78 is 0. The zero-order chi connectivity index (χ0) is 13.7. The minimum absolute atomic E-state index is 0.413. The molecule has 1 unspecified atom stereocenters. The van der Waals surface area contributed by atoms with Crippen molar-refractivity contribution in [3.05, 3.63) is 59.9 Å². The van der Waals surface area contributed by atoms with E-state index < -0.39 is 6.10 Å². The first-order valence-electron chi connectivity index (χ1n) is 6.62.